The van der Waals surface area contributed by atoms with Crippen molar-refractivity contribution in [2.45, 2.75) is 59.4 Å². The smallest absolute Gasteiger partial charge is 0.279 e. The Morgan fingerprint density at radius 1 is 1.18 bits per heavy atom. The molecule has 1 heterocycles. The molecule has 0 aliphatic carbocycles. The lowest BCUT2D eigenvalue weighted by atomic mass is 9.91. The molecule has 2 aromatic carbocycles. The molecular weight excluding hydrogens is 512 g/mol. The summed E-state index contributed by atoms with van der Waals surface area (Å²) in [6, 6.07) is 9.21. The third-order valence-corrected chi connectivity index (χ3v) is 6.70. The summed E-state index contributed by atoms with van der Waals surface area (Å²) in [5.74, 6) is -2.47. The van der Waals surface area contributed by atoms with Gasteiger partial charge in [0.05, 0.1) is 12.6 Å². The molecule has 3 rings (SSSR count). The number of hydrogen-bond acceptors (Lipinski definition) is 4. The summed E-state index contributed by atoms with van der Waals surface area (Å²) < 4.78 is 28.1. The van der Waals surface area contributed by atoms with Gasteiger partial charge in [0.25, 0.3) is 11.8 Å². The standard InChI is InChI=1S/C31H35F2N5O2/c1-5-7-9-25(20-11-13-21(14-12-20)29(39)36-19-26(34)35)38-27(10-8-15-31(3,4)6-2)37-28(30(38)40)22-16-23(32)18-24(33)17-22/h11-18,25H,5-7,9,19H2,1-4H3,(H3,34,35)(H,36,39)/t25-/m1/s1. The highest BCUT2D eigenvalue weighted by Gasteiger charge is 2.37. The molecule has 40 heavy (non-hydrogen) atoms. The Balaban J connectivity index is 2.10. The summed E-state index contributed by atoms with van der Waals surface area (Å²) in [6.45, 7) is 8.12. The van der Waals surface area contributed by atoms with Gasteiger partial charge in [0.15, 0.2) is 5.82 Å². The fourth-order valence-corrected chi connectivity index (χ4v) is 4.05. The topological polar surface area (TPSA) is 112 Å². The van der Waals surface area contributed by atoms with E-state index in [0.29, 0.717) is 12.0 Å². The van der Waals surface area contributed by atoms with E-state index < -0.39 is 23.6 Å². The minimum absolute atomic E-state index is 0.0360. The molecule has 1 aliphatic heterocycles. The Kier molecular flexibility index (Phi) is 9.94. The van der Waals surface area contributed by atoms with Crippen LogP contribution in [-0.2, 0) is 4.79 Å². The number of carbonyl (C=O) groups is 2. The number of nitrogens with zero attached hydrogens (tertiary/aromatic N) is 2. The van der Waals surface area contributed by atoms with Gasteiger partial charge in [-0.1, -0.05) is 58.4 Å². The molecule has 0 radical (unpaired) electrons. The first-order chi connectivity index (χ1) is 19.0. The molecule has 1 atom stereocenters. The van der Waals surface area contributed by atoms with Crippen molar-refractivity contribution in [3.05, 3.63) is 94.1 Å². The maximum absolute atomic E-state index is 14.1. The summed E-state index contributed by atoms with van der Waals surface area (Å²) in [5.41, 5.74) is 12.3. The summed E-state index contributed by atoms with van der Waals surface area (Å²) in [4.78, 5) is 32.2. The van der Waals surface area contributed by atoms with E-state index >= 15 is 0 Å². The first kappa shape index (κ1) is 30.2. The third-order valence-electron chi connectivity index (χ3n) is 6.70. The number of unbranched alkanes of at least 4 members (excludes halogenated alkanes) is 1. The van der Waals surface area contributed by atoms with Crippen molar-refractivity contribution in [3.63, 3.8) is 0 Å². The van der Waals surface area contributed by atoms with Gasteiger partial charge in [0.2, 0.25) is 0 Å². The number of allylic oxidation sites excluding steroid dienone is 1. The fraction of sp³-hybridized carbons (Fsp3) is 0.355. The van der Waals surface area contributed by atoms with Gasteiger partial charge in [0.1, 0.15) is 23.2 Å². The van der Waals surface area contributed by atoms with Crippen LogP contribution in [-0.4, -0.2) is 34.8 Å². The number of amidine groups is 1. The number of amides is 2. The van der Waals surface area contributed by atoms with E-state index in [-0.39, 0.29) is 40.8 Å². The van der Waals surface area contributed by atoms with Crippen LogP contribution in [0.2, 0.25) is 0 Å². The number of benzene rings is 2. The molecule has 0 saturated heterocycles. The van der Waals surface area contributed by atoms with Crippen LogP contribution < -0.4 is 11.1 Å². The summed E-state index contributed by atoms with van der Waals surface area (Å²) in [6.07, 6.45) is 4.95. The average Bonchev–Trinajstić information content (AvgIpc) is 3.23. The van der Waals surface area contributed by atoms with Crippen molar-refractivity contribution >= 4 is 23.4 Å². The van der Waals surface area contributed by atoms with Crippen molar-refractivity contribution in [2.24, 2.45) is 16.1 Å². The summed E-state index contributed by atoms with van der Waals surface area (Å²) in [7, 11) is 0. The van der Waals surface area contributed by atoms with E-state index in [9.17, 15) is 18.4 Å². The molecule has 0 unspecified atom stereocenters. The summed E-state index contributed by atoms with van der Waals surface area (Å²) >= 11 is 0. The number of hydrogen-bond donors (Lipinski definition) is 3. The zero-order chi connectivity index (χ0) is 29.4. The molecule has 0 bridgehead atoms. The SMILES string of the molecule is CCCC[C@H](c1ccc(C(=O)NCC(=N)N)cc1)N1C(=O)C(c2cc(F)cc(F)c2)=NC1=C=C=CC(C)(C)CC. The van der Waals surface area contributed by atoms with Gasteiger partial charge in [-0.3, -0.25) is 19.9 Å². The van der Waals surface area contributed by atoms with Crippen LogP contribution in [0.5, 0.6) is 0 Å². The number of nitrogens with two attached hydrogens (primary N) is 1. The van der Waals surface area contributed by atoms with Crippen LogP contribution >= 0.6 is 0 Å². The Hall–Kier alpha value is -4.32. The second-order valence-electron chi connectivity index (χ2n) is 10.4. The predicted octanol–water partition coefficient (Wildman–Crippen LogP) is 5.78. The molecule has 210 valence electrons. The van der Waals surface area contributed by atoms with E-state index in [2.05, 4.69) is 28.7 Å². The lowest BCUT2D eigenvalue weighted by Crippen LogP contribution is -2.34. The predicted molar refractivity (Wildman–Crippen MR) is 152 cm³/mol. The van der Waals surface area contributed by atoms with Crippen molar-refractivity contribution in [2.75, 3.05) is 6.54 Å². The lowest BCUT2D eigenvalue weighted by molar-refractivity contribution is -0.123. The normalized spacial score (nSPS) is 13.8. The molecule has 4 N–H and O–H groups in total. The first-order valence-electron chi connectivity index (χ1n) is 13.3. The van der Waals surface area contributed by atoms with Crippen LogP contribution in [0.25, 0.3) is 0 Å². The van der Waals surface area contributed by atoms with Crippen molar-refractivity contribution in [1.29, 1.82) is 5.41 Å². The van der Waals surface area contributed by atoms with Gasteiger partial charge in [-0.25, -0.2) is 13.8 Å². The molecule has 0 spiro atoms. The number of aliphatic imine (C=N–C) groups is 1. The fourth-order valence-electron chi connectivity index (χ4n) is 4.05. The van der Waals surface area contributed by atoms with Gasteiger partial charge in [0, 0.05) is 17.2 Å². The van der Waals surface area contributed by atoms with Crippen molar-refractivity contribution in [1.82, 2.24) is 10.2 Å². The van der Waals surface area contributed by atoms with Crippen LogP contribution in [0, 0.1) is 22.5 Å². The molecule has 0 fully saturated rings. The minimum Gasteiger partial charge on any atom is -0.386 e. The number of carbonyl (C=O) groups excluding carboxylic acids is 2. The molecular formula is C31H35F2N5O2. The van der Waals surface area contributed by atoms with Crippen LogP contribution in [0.4, 0.5) is 8.78 Å². The van der Waals surface area contributed by atoms with Crippen molar-refractivity contribution < 1.29 is 18.4 Å². The molecule has 0 saturated carbocycles. The highest BCUT2D eigenvalue weighted by atomic mass is 19.1. The number of nitrogens with one attached hydrogen (secondary N) is 2. The monoisotopic (exact) mass is 547 g/mol. The molecule has 2 aromatic rings. The molecule has 7 nitrogen and oxygen atoms in total. The molecule has 1 aliphatic rings. The van der Waals surface area contributed by atoms with Crippen LogP contribution in [0.15, 0.2) is 70.8 Å². The van der Waals surface area contributed by atoms with Gasteiger partial charge in [-0.15, -0.1) is 0 Å². The van der Waals surface area contributed by atoms with E-state index in [4.69, 9.17) is 11.1 Å². The van der Waals surface area contributed by atoms with Gasteiger partial charge < -0.3 is 11.1 Å². The van der Waals surface area contributed by atoms with Crippen molar-refractivity contribution in [3.8, 4) is 0 Å². The first-order valence-corrected chi connectivity index (χ1v) is 13.3. The van der Waals surface area contributed by atoms with E-state index in [1.165, 1.54) is 4.90 Å². The van der Waals surface area contributed by atoms with Gasteiger partial charge >= 0.3 is 0 Å². The highest BCUT2D eigenvalue weighted by Crippen LogP contribution is 2.34. The number of halogens is 2. The van der Waals surface area contributed by atoms with E-state index in [0.717, 1.165) is 43.0 Å². The Bertz CT molecular complexity index is 1400. The van der Waals surface area contributed by atoms with E-state index in [1.807, 2.05) is 26.8 Å². The molecule has 0 aromatic heterocycles. The van der Waals surface area contributed by atoms with Gasteiger partial charge in [-0.2, -0.15) is 0 Å². The van der Waals surface area contributed by atoms with Crippen LogP contribution in [0.1, 0.15) is 80.9 Å². The quantitative estimate of drug-likeness (QED) is 0.188. The zero-order valence-electron chi connectivity index (χ0n) is 23.3. The Morgan fingerprint density at radius 3 is 2.40 bits per heavy atom. The Morgan fingerprint density at radius 2 is 1.82 bits per heavy atom. The minimum atomic E-state index is -0.809. The zero-order valence-corrected chi connectivity index (χ0v) is 23.3. The Labute approximate surface area is 233 Å². The second-order valence-corrected chi connectivity index (χ2v) is 10.4. The average molecular weight is 548 g/mol. The van der Waals surface area contributed by atoms with Crippen LogP contribution in [0.3, 0.4) is 0 Å². The largest absolute Gasteiger partial charge is 0.386 e. The highest BCUT2D eigenvalue weighted by molar-refractivity contribution is 6.47. The molecule has 2 amide bonds. The van der Waals surface area contributed by atoms with E-state index in [1.54, 1.807) is 24.3 Å². The number of rotatable bonds is 11. The molecule has 9 heteroatoms. The summed E-state index contributed by atoms with van der Waals surface area (Å²) in [5, 5.41) is 9.86. The maximum atomic E-state index is 14.1. The van der Waals surface area contributed by atoms with Gasteiger partial charge in [-0.05, 0) is 59.9 Å². The maximum Gasteiger partial charge on any atom is 0.279 e. The lowest BCUT2D eigenvalue weighted by Gasteiger charge is -2.28. The second kappa shape index (κ2) is 13.2. The third kappa shape index (κ3) is 7.63.